The lowest BCUT2D eigenvalue weighted by Crippen LogP contribution is -2.38. The maximum atomic E-state index is 12.7. The van der Waals surface area contributed by atoms with Crippen molar-refractivity contribution in [3.05, 3.63) is 35.4 Å². The van der Waals surface area contributed by atoms with Crippen molar-refractivity contribution < 1.29 is 4.79 Å². The monoisotopic (exact) mass is 322 g/mol. The van der Waals surface area contributed by atoms with Crippen LogP contribution in [0.15, 0.2) is 24.3 Å². The second-order valence-corrected chi connectivity index (χ2v) is 6.78. The highest BCUT2D eigenvalue weighted by atomic mass is 35.5. The normalized spacial score (nSPS) is 20.8. The van der Waals surface area contributed by atoms with Gasteiger partial charge in [0.2, 0.25) is 5.91 Å². The van der Waals surface area contributed by atoms with E-state index in [2.05, 4.69) is 48.3 Å². The smallest absolute Gasteiger partial charge is 0.227 e. The Hall–Kier alpha value is -1.06. The van der Waals surface area contributed by atoms with Gasteiger partial charge in [-0.1, -0.05) is 38.1 Å². The number of halogens is 1. The number of hydrogen-bond acceptors (Lipinski definition) is 2. The molecule has 3 rings (SSSR count). The molecule has 1 aliphatic heterocycles. The zero-order chi connectivity index (χ0) is 14.8. The largest absolute Gasteiger partial charge is 0.335 e. The van der Waals surface area contributed by atoms with Crippen LogP contribution in [0.4, 0.5) is 0 Å². The number of carbonyl (C=O) groups excluding carboxylic acids is 1. The van der Waals surface area contributed by atoms with Gasteiger partial charge >= 0.3 is 0 Å². The Balaban J connectivity index is 0.00000176. The first-order chi connectivity index (χ1) is 10.1. The fourth-order valence-electron chi connectivity index (χ4n) is 3.08. The molecule has 1 aliphatic carbocycles. The lowest BCUT2D eigenvalue weighted by atomic mass is 10.0. The summed E-state index contributed by atoms with van der Waals surface area (Å²) in [6.45, 7) is 7.04. The van der Waals surface area contributed by atoms with E-state index in [1.165, 1.54) is 24.0 Å². The van der Waals surface area contributed by atoms with Crippen molar-refractivity contribution in [1.29, 1.82) is 0 Å². The molecule has 0 spiro atoms. The van der Waals surface area contributed by atoms with Crippen LogP contribution in [0.25, 0.3) is 0 Å². The van der Waals surface area contributed by atoms with E-state index in [0.717, 1.165) is 26.1 Å². The van der Waals surface area contributed by atoms with E-state index in [4.69, 9.17) is 0 Å². The Morgan fingerprint density at radius 2 is 1.91 bits per heavy atom. The van der Waals surface area contributed by atoms with Crippen LogP contribution in [0.3, 0.4) is 0 Å². The maximum Gasteiger partial charge on any atom is 0.227 e. The highest BCUT2D eigenvalue weighted by Gasteiger charge is 2.36. The van der Waals surface area contributed by atoms with Crippen molar-refractivity contribution >= 4 is 18.3 Å². The van der Waals surface area contributed by atoms with Gasteiger partial charge in [-0.3, -0.25) is 4.79 Å². The van der Waals surface area contributed by atoms with Gasteiger partial charge < -0.3 is 10.2 Å². The van der Waals surface area contributed by atoms with Gasteiger partial charge in [0.15, 0.2) is 0 Å². The summed E-state index contributed by atoms with van der Waals surface area (Å²) >= 11 is 0. The first-order valence-corrected chi connectivity index (χ1v) is 8.25. The van der Waals surface area contributed by atoms with Crippen molar-refractivity contribution in [2.45, 2.75) is 51.6 Å². The topological polar surface area (TPSA) is 32.3 Å². The molecule has 0 aromatic heterocycles. The van der Waals surface area contributed by atoms with Gasteiger partial charge in [-0.2, -0.15) is 0 Å². The summed E-state index contributed by atoms with van der Waals surface area (Å²) in [4.78, 5) is 14.8. The van der Waals surface area contributed by atoms with Crippen LogP contribution in [-0.4, -0.2) is 29.9 Å². The Morgan fingerprint density at radius 1 is 1.23 bits per heavy atom. The fourth-order valence-corrected chi connectivity index (χ4v) is 3.08. The quantitative estimate of drug-likeness (QED) is 0.901. The minimum Gasteiger partial charge on any atom is -0.335 e. The van der Waals surface area contributed by atoms with Crippen LogP contribution >= 0.6 is 12.4 Å². The predicted molar refractivity (Wildman–Crippen MR) is 92.3 cm³/mol. The van der Waals surface area contributed by atoms with Crippen LogP contribution in [0, 0.1) is 5.92 Å². The van der Waals surface area contributed by atoms with E-state index in [1.54, 1.807) is 0 Å². The van der Waals surface area contributed by atoms with E-state index in [-0.39, 0.29) is 18.3 Å². The van der Waals surface area contributed by atoms with Crippen LogP contribution in [0.5, 0.6) is 0 Å². The SMILES string of the molecule is CC(C)c1ccc(CN(C(=O)C2CCNC2)C2CC2)cc1.Cl. The average molecular weight is 323 g/mol. The van der Waals surface area contributed by atoms with Crippen molar-refractivity contribution in [1.82, 2.24) is 10.2 Å². The summed E-state index contributed by atoms with van der Waals surface area (Å²) in [6, 6.07) is 9.26. The van der Waals surface area contributed by atoms with Crippen molar-refractivity contribution in [3.8, 4) is 0 Å². The minimum absolute atomic E-state index is 0. The Kier molecular flexibility index (Phi) is 5.87. The summed E-state index contributed by atoms with van der Waals surface area (Å²) < 4.78 is 0. The predicted octanol–water partition coefficient (Wildman–Crippen LogP) is 3.33. The third-order valence-corrected chi connectivity index (χ3v) is 4.68. The summed E-state index contributed by atoms with van der Waals surface area (Å²) in [5.41, 5.74) is 2.62. The lowest BCUT2D eigenvalue weighted by molar-refractivity contribution is -0.136. The maximum absolute atomic E-state index is 12.7. The molecule has 1 saturated heterocycles. The van der Waals surface area contributed by atoms with E-state index >= 15 is 0 Å². The molecule has 1 amide bonds. The number of hydrogen-bond donors (Lipinski definition) is 1. The molecular weight excluding hydrogens is 296 g/mol. The third-order valence-electron chi connectivity index (χ3n) is 4.68. The number of nitrogens with zero attached hydrogens (tertiary/aromatic N) is 1. The van der Waals surface area contributed by atoms with E-state index < -0.39 is 0 Å². The molecular formula is C18H27ClN2O. The third kappa shape index (κ3) is 4.02. The Labute approximate surface area is 139 Å². The molecule has 1 saturated carbocycles. The second kappa shape index (κ2) is 7.47. The van der Waals surface area contributed by atoms with Gasteiger partial charge in [0, 0.05) is 19.1 Å². The van der Waals surface area contributed by atoms with Gasteiger partial charge in [0.1, 0.15) is 0 Å². The van der Waals surface area contributed by atoms with Crippen molar-refractivity contribution in [2.24, 2.45) is 5.92 Å². The number of carbonyl (C=O) groups is 1. The fraction of sp³-hybridized carbons (Fsp3) is 0.611. The molecule has 0 bridgehead atoms. The lowest BCUT2D eigenvalue weighted by Gasteiger charge is -2.25. The Morgan fingerprint density at radius 3 is 2.41 bits per heavy atom. The summed E-state index contributed by atoms with van der Waals surface area (Å²) in [6.07, 6.45) is 3.35. The van der Waals surface area contributed by atoms with Gasteiger partial charge in [-0.25, -0.2) is 0 Å². The number of nitrogens with one attached hydrogen (secondary N) is 1. The summed E-state index contributed by atoms with van der Waals surface area (Å²) in [7, 11) is 0. The minimum atomic E-state index is 0. The molecule has 1 N–H and O–H groups in total. The number of amides is 1. The summed E-state index contributed by atoms with van der Waals surface area (Å²) in [5, 5.41) is 3.30. The highest BCUT2D eigenvalue weighted by Crippen LogP contribution is 2.31. The molecule has 3 nitrogen and oxygen atoms in total. The van der Waals surface area contributed by atoms with Crippen LogP contribution in [0.2, 0.25) is 0 Å². The standard InChI is InChI=1S/C18H26N2O.ClH/c1-13(2)15-5-3-14(4-6-15)12-20(17-7-8-17)18(21)16-9-10-19-11-16;/h3-6,13,16-17,19H,7-12H2,1-2H3;1H. The molecule has 2 fully saturated rings. The molecule has 1 atom stereocenters. The summed E-state index contributed by atoms with van der Waals surface area (Å²) in [5.74, 6) is 1.11. The van der Waals surface area contributed by atoms with E-state index in [9.17, 15) is 4.79 Å². The molecule has 0 radical (unpaired) electrons. The first-order valence-electron chi connectivity index (χ1n) is 8.25. The van der Waals surface area contributed by atoms with Gasteiger partial charge in [-0.15, -0.1) is 12.4 Å². The molecule has 22 heavy (non-hydrogen) atoms. The average Bonchev–Trinajstić information content (AvgIpc) is 3.18. The van der Waals surface area contributed by atoms with Gasteiger partial charge in [0.05, 0.1) is 5.92 Å². The molecule has 4 heteroatoms. The van der Waals surface area contributed by atoms with Crippen molar-refractivity contribution in [3.63, 3.8) is 0 Å². The van der Waals surface area contributed by atoms with Gasteiger partial charge in [-0.05, 0) is 42.9 Å². The van der Waals surface area contributed by atoms with E-state index in [0.29, 0.717) is 17.9 Å². The van der Waals surface area contributed by atoms with Crippen molar-refractivity contribution in [2.75, 3.05) is 13.1 Å². The molecule has 1 aromatic rings. The Bertz CT molecular complexity index is 490. The molecule has 1 aromatic carbocycles. The zero-order valence-corrected chi connectivity index (χ0v) is 14.4. The zero-order valence-electron chi connectivity index (χ0n) is 13.5. The number of benzene rings is 1. The molecule has 2 aliphatic rings. The molecule has 1 unspecified atom stereocenters. The van der Waals surface area contributed by atoms with E-state index in [1.807, 2.05) is 0 Å². The molecule has 1 heterocycles. The van der Waals surface area contributed by atoms with Crippen LogP contribution in [0.1, 0.15) is 50.2 Å². The van der Waals surface area contributed by atoms with Gasteiger partial charge in [0.25, 0.3) is 0 Å². The second-order valence-electron chi connectivity index (χ2n) is 6.78. The van der Waals surface area contributed by atoms with Crippen LogP contribution in [-0.2, 0) is 11.3 Å². The number of rotatable bonds is 5. The highest BCUT2D eigenvalue weighted by molar-refractivity contribution is 5.85. The van der Waals surface area contributed by atoms with Crippen LogP contribution < -0.4 is 5.32 Å². The molecule has 122 valence electrons. The first kappa shape index (κ1) is 17.3.